The van der Waals surface area contributed by atoms with Crippen molar-refractivity contribution in [1.82, 2.24) is 10.2 Å². The maximum atomic E-state index is 12.3. The zero-order valence-electron chi connectivity index (χ0n) is 13.6. The molecule has 2 amide bonds. The van der Waals surface area contributed by atoms with Crippen LogP contribution in [-0.2, 0) is 4.79 Å². The van der Waals surface area contributed by atoms with E-state index in [1.165, 1.54) is 11.8 Å². The van der Waals surface area contributed by atoms with Gasteiger partial charge in [0.25, 0.3) is 5.91 Å². The Bertz CT molecular complexity index is 542. The molecule has 1 saturated heterocycles. The van der Waals surface area contributed by atoms with Crippen molar-refractivity contribution in [3.63, 3.8) is 0 Å². The van der Waals surface area contributed by atoms with Crippen molar-refractivity contribution in [1.29, 1.82) is 0 Å². The standard InChI is InChI=1S/C17H25N3O2S/c1-13(18)8-9-19-17(22)14-6-2-3-7-15(14)23-12-16(21)20-10-4-5-11-20/h2-3,6-7,13H,4-5,8-12,18H2,1H3,(H,19,22). The molecule has 126 valence electrons. The van der Waals surface area contributed by atoms with Gasteiger partial charge in [0, 0.05) is 30.6 Å². The lowest BCUT2D eigenvalue weighted by Crippen LogP contribution is -2.30. The topological polar surface area (TPSA) is 75.4 Å². The first kappa shape index (κ1) is 17.8. The molecule has 0 aromatic heterocycles. The third kappa shape index (κ3) is 5.55. The summed E-state index contributed by atoms with van der Waals surface area (Å²) in [6.07, 6.45) is 2.93. The van der Waals surface area contributed by atoms with Crippen LogP contribution in [0, 0.1) is 0 Å². The molecule has 0 bridgehead atoms. The molecule has 0 saturated carbocycles. The number of thioether (sulfide) groups is 1. The van der Waals surface area contributed by atoms with Gasteiger partial charge in [0.2, 0.25) is 5.91 Å². The molecule has 5 nitrogen and oxygen atoms in total. The van der Waals surface area contributed by atoms with Crippen molar-refractivity contribution < 1.29 is 9.59 Å². The molecule has 3 N–H and O–H groups in total. The van der Waals surface area contributed by atoms with Gasteiger partial charge in [-0.05, 0) is 38.3 Å². The molecule has 2 rings (SSSR count). The van der Waals surface area contributed by atoms with E-state index in [0.29, 0.717) is 17.9 Å². The summed E-state index contributed by atoms with van der Waals surface area (Å²) < 4.78 is 0. The highest BCUT2D eigenvalue weighted by molar-refractivity contribution is 8.00. The number of rotatable bonds is 7. The van der Waals surface area contributed by atoms with Crippen LogP contribution in [0.5, 0.6) is 0 Å². The van der Waals surface area contributed by atoms with Gasteiger partial charge in [0.1, 0.15) is 0 Å². The fourth-order valence-corrected chi connectivity index (χ4v) is 3.44. The lowest BCUT2D eigenvalue weighted by atomic mass is 10.2. The van der Waals surface area contributed by atoms with E-state index in [0.717, 1.165) is 37.2 Å². The zero-order chi connectivity index (χ0) is 16.7. The number of hydrogen-bond acceptors (Lipinski definition) is 4. The molecule has 23 heavy (non-hydrogen) atoms. The predicted molar refractivity (Wildman–Crippen MR) is 93.6 cm³/mol. The summed E-state index contributed by atoms with van der Waals surface area (Å²) in [5.41, 5.74) is 6.31. The van der Waals surface area contributed by atoms with Gasteiger partial charge in [-0.3, -0.25) is 9.59 Å². The Morgan fingerprint density at radius 2 is 2.00 bits per heavy atom. The lowest BCUT2D eigenvalue weighted by molar-refractivity contribution is -0.127. The van der Waals surface area contributed by atoms with E-state index in [2.05, 4.69) is 5.32 Å². The molecule has 1 aliphatic heterocycles. The van der Waals surface area contributed by atoms with E-state index in [9.17, 15) is 9.59 Å². The van der Waals surface area contributed by atoms with E-state index >= 15 is 0 Å². The molecular weight excluding hydrogens is 310 g/mol. The number of amides is 2. The van der Waals surface area contributed by atoms with Gasteiger partial charge in [0.05, 0.1) is 11.3 Å². The van der Waals surface area contributed by atoms with Crippen LogP contribution in [0.4, 0.5) is 0 Å². The first-order chi connectivity index (χ1) is 11.1. The molecule has 0 spiro atoms. The third-order valence-corrected chi connectivity index (χ3v) is 4.89. The van der Waals surface area contributed by atoms with Crippen LogP contribution < -0.4 is 11.1 Å². The Morgan fingerprint density at radius 3 is 2.70 bits per heavy atom. The minimum absolute atomic E-state index is 0.0676. The Kier molecular flexibility index (Phi) is 6.92. The summed E-state index contributed by atoms with van der Waals surface area (Å²) in [5, 5.41) is 2.89. The monoisotopic (exact) mass is 335 g/mol. The molecule has 0 aliphatic carbocycles. The molecule has 6 heteroatoms. The second kappa shape index (κ2) is 8.93. The first-order valence-corrected chi connectivity index (χ1v) is 9.10. The van der Waals surface area contributed by atoms with Crippen LogP contribution in [0.2, 0.25) is 0 Å². The Labute approximate surface area is 142 Å². The molecule has 1 heterocycles. The van der Waals surface area contributed by atoms with E-state index in [4.69, 9.17) is 5.73 Å². The smallest absolute Gasteiger partial charge is 0.252 e. The number of benzene rings is 1. The van der Waals surface area contributed by atoms with Crippen LogP contribution in [0.15, 0.2) is 29.2 Å². The molecule has 1 aromatic rings. The van der Waals surface area contributed by atoms with E-state index in [1.807, 2.05) is 30.0 Å². The average Bonchev–Trinajstić information content (AvgIpc) is 3.07. The van der Waals surface area contributed by atoms with Crippen LogP contribution in [0.25, 0.3) is 0 Å². The number of carbonyl (C=O) groups excluding carboxylic acids is 2. The molecule has 1 fully saturated rings. The minimum Gasteiger partial charge on any atom is -0.352 e. The number of nitrogens with zero attached hydrogens (tertiary/aromatic N) is 1. The number of carbonyl (C=O) groups is 2. The maximum Gasteiger partial charge on any atom is 0.252 e. The van der Waals surface area contributed by atoms with Crippen molar-refractivity contribution in [2.24, 2.45) is 5.73 Å². The molecule has 1 aromatic carbocycles. The summed E-state index contributed by atoms with van der Waals surface area (Å²) in [7, 11) is 0. The van der Waals surface area contributed by atoms with E-state index in [1.54, 1.807) is 6.07 Å². The Balaban J connectivity index is 1.91. The zero-order valence-corrected chi connectivity index (χ0v) is 14.4. The Hall–Kier alpha value is -1.53. The van der Waals surface area contributed by atoms with Crippen LogP contribution in [0.1, 0.15) is 36.5 Å². The summed E-state index contributed by atoms with van der Waals surface area (Å²) in [6, 6.07) is 7.48. The molecule has 1 unspecified atom stereocenters. The fourth-order valence-electron chi connectivity index (χ4n) is 2.49. The van der Waals surface area contributed by atoms with Gasteiger partial charge in [0.15, 0.2) is 0 Å². The second-order valence-corrected chi connectivity index (χ2v) is 6.91. The number of nitrogens with one attached hydrogen (secondary N) is 1. The maximum absolute atomic E-state index is 12.3. The van der Waals surface area contributed by atoms with Gasteiger partial charge in [-0.2, -0.15) is 0 Å². The van der Waals surface area contributed by atoms with Gasteiger partial charge < -0.3 is 16.0 Å². The highest BCUT2D eigenvalue weighted by Gasteiger charge is 2.19. The Morgan fingerprint density at radius 1 is 1.30 bits per heavy atom. The molecule has 0 radical (unpaired) electrons. The van der Waals surface area contributed by atoms with Crippen LogP contribution in [0.3, 0.4) is 0 Å². The summed E-state index contributed by atoms with van der Waals surface area (Å²) >= 11 is 1.43. The minimum atomic E-state index is -0.109. The fraction of sp³-hybridized carbons (Fsp3) is 0.529. The highest BCUT2D eigenvalue weighted by Crippen LogP contribution is 2.23. The van der Waals surface area contributed by atoms with Crippen molar-refractivity contribution in [2.45, 2.75) is 37.1 Å². The van der Waals surface area contributed by atoms with E-state index in [-0.39, 0.29) is 17.9 Å². The third-order valence-electron chi connectivity index (χ3n) is 3.83. The van der Waals surface area contributed by atoms with Gasteiger partial charge in [-0.1, -0.05) is 12.1 Å². The highest BCUT2D eigenvalue weighted by atomic mass is 32.2. The van der Waals surface area contributed by atoms with Crippen LogP contribution in [-0.4, -0.2) is 48.1 Å². The average molecular weight is 335 g/mol. The lowest BCUT2D eigenvalue weighted by Gasteiger charge is -2.15. The van der Waals surface area contributed by atoms with Crippen molar-refractivity contribution in [3.05, 3.63) is 29.8 Å². The van der Waals surface area contributed by atoms with Crippen molar-refractivity contribution >= 4 is 23.6 Å². The summed E-state index contributed by atoms with van der Waals surface area (Å²) in [4.78, 5) is 27.2. The number of hydrogen-bond donors (Lipinski definition) is 2. The number of nitrogens with two attached hydrogens (primary N) is 1. The molecule has 1 atom stereocenters. The second-order valence-electron chi connectivity index (χ2n) is 5.89. The SMILES string of the molecule is CC(N)CCNC(=O)c1ccccc1SCC(=O)N1CCCC1. The van der Waals surface area contributed by atoms with Gasteiger partial charge >= 0.3 is 0 Å². The number of likely N-dealkylation sites (tertiary alicyclic amines) is 1. The van der Waals surface area contributed by atoms with Gasteiger partial charge in [-0.25, -0.2) is 0 Å². The quantitative estimate of drug-likeness (QED) is 0.746. The van der Waals surface area contributed by atoms with Crippen molar-refractivity contribution in [3.8, 4) is 0 Å². The molecule has 1 aliphatic rings. The van der Waals surface area contributed by atoms with Gasteiger partial charge in [-0.15, -0.1) is 11.8 Å². The largest absolute Gasteiger partial charge is 0.352 e. The predicted octanol–water partition coefficient (Wildman–Crippen LogP) is 1.87. The first-order valence-electron chi connectivity index (χ1n) is 8.11. The van der Waals surface area contributed by atoms with E-state index < -0.39 is 0 Å². The van der Waals surface area contributed by atoms with Crippen molar-refractivity contribution in [2.75, 3.05) is 25.4 Å². The van der Waals surface area contributed by atoms with Crippen LogP contribution >= 0.6 is 11.8 Å². The summed E-state index contributed by atoms with van der Waals surface area (Å²) in [5.74, 6) is 0.423. The normalized spacial score (nSPS) is 15.5. The summed E-state index contributed by atoms with van der Waals surface area (Å²) in [6.45, 7) is 4.19. The molecular formula is C17H25N3O2S.